The summed E-state index contributed by atoms with van der Waals surface area (Å²) in [7, 11) is 0. The molecular weight excluding hydrogens is 344 g/mol. The molecule has 1 fully saturated rings. The van der Waals surface area contributed by atoms with Crippen LogP contribution >= 0.6 is 0 Å². The van der Waals surface area contributed by atoms with E-state index in [0.717, 1.165) is 9.80 Å². The van der Waals surface area contributed by atoms with Gasteiger partial charge in [-0.3, -0.25) is 9.59 Å². The standard InChI is InChI=1S/C16H32N4O6/c17-15(21)13-19-1-5-23-9-10-25-7-3-20(14-16(18)22)4-8-26-12-11-24-6-2-19/h1-14H2,(H2,17,21)(H2,18,22)/p+2. The number of rotatable bonds is 4. The van der Waals surface area contributed by atoms with Crippen molar-refractivity contribution in [1.29, 1.82) is 0 Å². The Bertz CT molecular complexity index is 343. The van der Waals surface area contributed by atoms with E-state index in [0.29, 0.717) is 79.0 Å². The Kier molecular flexibility index (Phi) is 13.0. The number of hydrogen-bond donors (Lipinski definition) is 4. The molecule has 0 atom stereocenters. The van der Waals surface area contributed by atoms with E-state index in [1.807, 2.05) is 0 Å². The zero-order chi connectivity index (χ0) is 19.0. The highest BCUT2D eigenvalue weighted by molar-refractivity contribution is 5.74. The monoisotopic (exact) mass is 378 g/mol. The number of amides is 2. The maximum atomic E-state index is 11.1. The lowest BCUT2D eigenvalue weighted by atomic mass is 10.4. The van der Waals surface area contributed by atoms with Gasteiger partial charge in [0.15, 0.2) is 13.1 Å². The number of carbonyl (C=O) groups is 2. The van der Waals surface area contributed by atoms with Gasteiger partial charge in [0, 0.05) is 0 Å². The number of quaternary nitrogens is 2. The molecule has 0 aromatic carbocycles. The first kappa shape index (κ1) is 22.7. The van der Waals surface area contributed by atoms with Crippen molar-refractivity contribution in [2.24, 2.45) is 11.5 Å². The molecule has 1 saturated heterocycles. The molecule has 1 aliphatic heterocycles. The van der Waals surface area contributed by atoms with E-state index in [1.54, 1.807) is 0 Å². The van der Waals surface area contributed by atoms with Gasteiger partial charge in [0.25, 0.3) is 11.8 Å². The predicted octanol–water partition coefficient (Wildman–Crippen LogP) is -5.19. The first-order valence-electron chi connectivity index (χ1n) is 9.12. The normalized spacial score (nSPS) is 25.7. The van der Waals surface area contributed by atoms with Crippen LogP contribution in [0.2, 0.25) is 0 Å². The summed E-state index contributed by atoms with van der Waals surface area (Å²) in [5.74, 6) is -0.673. The molecular formula is C16H34N4O6+2. The van der Waals surface area contributed by atoms with Crippen molar-refractivity contribution < 1.29 is 38.3 Å². The number of nitrogens with one attached hydrogen (secondary N) is 2. The largest absolute Gasteiger partial charge is 0.373 e. The van der Waals surface area contributed by atoms with Crippen LogP contribution in [0.25, 0.3) is 0 Å². The molecule has 0 aliphatic carbocycles. The van der Waals surface area contributed by atoms with Crippen LogP contribution in [0, 0.1) is 0 Å². The fourth-order valence-electron chi connectivity index (χ4n) is 2.61. The van der Waals surface area contributed by atoms with Gasteiger partial charge in [0.1, 0.15) is 26.2 Å². The van der Waals surface area contributed by atoms with Crippen LogP contribution in [0.5, 0.6) is 0 Å². The third-order valence-electron chi connectivity index (χ3n) is 3.99. The van der Waals surface area contributed by atoms with Gasteiger partial charge in [-0.05, 0) is 0 Å². The van der Waals surface area contributed by atoms with Crippen molar-refractivity contribution in [1.82, 2.24) is 0 Å². The first-order chi connectivity index (χ1) is 12.6. The summed E-state index contributed by atoms with van der Waals surface area (Å²) in [5, 5.41) is 0. The number of carbonyl (C=O) groups excluding carboxylic acids is 2. The quantitative estimate of drug-likeness (QED) is 0.387. The predicted molar refractivity (Wildman–Crippen MR) is 92.8 cm³/mol. The van der Waals surface area contributed by atoms with Crippen LogP contribution < -0.4 is 21.3 Å². The van der Waals surface area contributed by atoms with Crippen LogP contribution in [0.4, 0.5) is 0 Å². The van der Waals surface area contributed by atoms with Crippen LogP contribution in [-0.2, 0) is 28.5 Å². The third kappa shape index (κ3) is 13.0. The van der Waals surface area contributed by atoms with Gasteiger partial charge in [0.05, 0.1) is 52.9 Å². The van der Waals surface area contributed by atoms with E-state index in [1.165, 1.54) is 0 Å². The number of hydrogen-bond acceptors (Lipinski definition) is 6. The van der Waals surface area contributed by atoms with Crippen molar-refractivity contribution in [3.8, 4) is 0 Å². The zero-order valence-corrected chi connectivity index (χ0v) is 15.5. The molecule has 152 valence electrons. The number of ether oxygens (including phenoxy) is 4. The molecule has 6 N–H and O–H groups in total. The molecule has 0 aromatic heterocycles. The molecule has 0 aromatic rings. The van der Waals surface area contributed by atoms with Crippen molar-refractivity contribution in [3.05, 3.63) is 0 Å². The van der Waals surface area contributed by atoms with Crippen LogP contribution in [-0.4, -0.2) is 104 Å². The van der Waals surface area contributed by atoms with Gasteiger partial charge in [-0.25, -0.2) is 0 Å². The molecule has 0 radical (unpaired) electrons. The first-order valence-corrected chi connectivity index (χ1v) is 9.12. The fraction of sp³-hybridized carbons (Fsp3) is 0.875. The van der Waals surface area contributed by atoms with Gasteiger partial charge in [-0.2, -0.15) is 0 Å². The van der Waals surface area contributed by atoms with E-state index in [4.69, 9.17) is 30.4 Å². The van der Waals surface area contributed by atoms with Crippen molar-refractivity contribution in [3.63, 3.8) is 0 Å². The van der Waals surface area contributed by atoms with E-state index in [9.17, 15) is 9.59 Å². The maximum Gasteiger partial charge on any atom is 0.272 e. The van der Waals surface area contributed by atoms with Crippen molar-refractivity contribution >= 4 is 11.8 Å². The fourth-order valence-corrected chi connectivity index (χ4v) is 2.61. The van der Waals surface area contributed by atoms with E-state index >= 15 is 0 Å². The highest BCUT2D eigenvalue weighted by atomic mass is 16.5. The SMILES string of the molecule is NC(=O)C[NH+]1CCOCCOCC[NH+](CC(N)=O)CCOCCOCC1. The van der Waals surface area contributed by atoms with Gasteiger partial charge in [-0.15, -0.1) is 0 Å². The summed E-state index contributed by atoms with van der Waals surface area (Å²) >= 11 is 0. The number of nitrogens with two attached hydrogens (primary N) is 2. The van der Waals surface area contributed by atoms with E-state index < -0.39 is 0 Å². The minimum atomic E-state index is -0.336. The Balaban J connectivity index is 2.38. The molecule has 10 nitrogen and oxygen atoms in total. The minimum Gasteiger partial charge on any atom is -0.373 e. The molecule has 0 saturated carbocycles. The second kappa shape index (κ2) is 14.8. The lowest BCUT2D eigenvalue weighted by molar-refractivity contribution is -0.893. The lowest BCUT2D eigenvalue weighted by Crippen LogP contribution is -3.14. The van der Waals surface area contributed by atoms with Gasteiger partial charge in [-0.1, -0.05) is 0 Å². The highest BCUT2D eigenvalue weighted by Gasteiger charge is 2.13. The molecule has 10 heteroatoms. The second-order valence-corrected chi connectivity index (χ2v) is 6.24. The average molecular weight is 378 g/mol. The summed E-state index contributed by atoms with van der Waals surface area (Å²) < 4.78 is 22.2. The van der Waals surface area contributed by atoms with Crippen LogP contribution in [0.3, 0.4) is 0 Å². The Labute approximate surface area is 154 Å². The summed E-state index contributed by atoms with van der Waals surface area (Å²) in [6, 6.07) is 0. The average Bonchev–Trinajstić information content (AvgIpc) is 2.57. The van der Waals surface area contributed by atoms with Crippen LogP contribution in [0.15, 0.2) is 0 Å². The smallest absolute Gasteiger partial charge is 0.272 e. The molecule has 2 amide bonds. The molecule has 1 aliphatic rings. The molecule has 1 rings (SSSR count). The van der Waals surface area contributed by atoms with Crippen molar-refractivity contribution in [2.75, 3.05) is 92.1 Å². The van der Waals surface area contributed by atoms with Gasteiger partial charge >= 0.3 is 0 Å². The summed E-state index contributed by atoms with van der Waals surface area (Å²) in [5.41, 5.74) is 10.6. The number of primary amides is 2. The second-order valence-electron chi connectivity index (χ2n) is 6.24. The van der Waals surface area contributed by atoms with Gasteiger partial charge in [0.2, 0.25) is 0 Å². The molecule has 0 bridgehead atoms. The summed E-state index contributed by atoms with van der Waals surface area (Å²) in [6.07, 6.45) is 0. The Hall–Kier alpha value is -1.30. The maximum absolute atomic E-state index is 11.1. The Morgan fingerprint density at radius 2 is 0.846 bits per heavy atom. The lowest BCUT2D eigenvalue weighted by Gasteiger charge is -2.19. The Morgan fingerprint density at radius 1 is 0.577 bits per heavy atom. The third-order valence-corrected chi connectivity index (χ3v) is 3.99. The molecule has 0 spiro atoms. The topological polar surface area (TPSA) is 132 Å². The molecule has 0 unspecified atom stereocenters. The van der Waals surface area contributed by atoms with E-state index in [2.05, 4.69) is 0 Å². The van der Waals surface area contributed by atoms with Crippen LogP contribution in [0.1, 0.15) is 0 Å². The Morgan fingerprint density at radius 3 is 1.08 bits per heavy atom. The summed E-state index contributed by atoms with van der Waals surface area (Å²) in [4.78, 5) is 24.3. The van der Waals surface area contributed by atoms with E-state index in [-0.39, 0.29) is 24.9 Å². The molecule has 26 heavy (non-hydrogen) atoms. The zero-order valence-electron chi connectivity index (χ0n) is 15.5. The minimum absolute atomic E-state index is 0.262. The molecule has 1 heterocycles. The van der Waals surface area contributed by atoms with Gasteiger partial charge < -0.3 is 40.2 Å². The van der Waals surface area contributed by atoms with Crippen molar-refractivity contribution in [2.45, 2.75) is 0 Å². The summed E-state index contributed by atoms with van der Waals surface area (Å²) in [6.45, 7) is 7.25. The highest BCUT2D eigenvalue weighted by Crippen LogP contribution is 1.79.